The van der Waals surface area contributed by atoms with Crippen LogP contribution >= 0.6 is 11.6 Å². The molecule has 2 fully saturated rings. The third-order valence-corrected chi connectivity index (χ3v) is 6.71. The first-order valence-electron chi connectivity index (χ1n) is 10.1. The summed E-state index contributed by atoms with van der Waals surface area (Å²) in [5, 5.41) is 7.97. The number of H-pyrrole nitrogens is 1. The summed E-state index contributed by atoms with van der Waals surface area (Å²) in [5.41, 5.74) is 7.31. The van der Waals surface area contributed by atoms with Crippen LogP contribution < -0.4 is 16.2 Å². The standard InChI is InChI=1S/C20H24ClN7O2/c1-11-8-20(10-30-11)3-5-28(6-4-20)19-24-17-15(18(29)27(19)2)16(25-26-17)12-7-14(22)23-9-13(12)21/h7,9,11H,3-6,8,10H2,1-2H3,(H2,22,23)(H,25,26)/t11-/m0/s1. The number of ether oxygens (including phenoxy) is 1. The van der Waals surface area contributed by atoms with Crippen LogP contribution in [-0.2, 0) is 11.8 Å². The van der Waals surface area contributed by atoms with Gasteiger partial charge in [-0.3, -0.25) is 14.5 Å². The Bertz CT molecular complexity index is 1180. The Balaban J connectivity index is 1.51. The Kier molecular flexibility index (Phi) is 4.48. The number of anilines is 2. The van der Waals surface area contributed by atoms with E-state index in [1.807, 2.05) is 0 Å². The summed E-state index contributed by atoms with van der Waals surface area (Å²) in [5.74, 6) is 0.948. The Hall–Kier alpha value is -2.65. The highest BCUT2D eigenvalue weighted by Crippen LogP contribution is 2.42. The number of hydrogen-bond donors (Lipinski definition) is 2. The molecular weight excluding hydrogens is 406 g/mol. The molecule has 2 saturated heterocycles. The molecule has 3 aromatic rings. The second-order valence-electron chi connectivity index (χ2n) is 8.47. The van der Waals surface area contributed by atoms with Gasteiger partial charge in [0.15, 0.2) is 5.65 Å². The molecule has 3 N–H and O–H groups in total. The largest absolute Gasteiger partial charge is 0.384 e. The van der Waals surface area contributed by atoms with E-state index in [1.54, 1.807) is 17.7 Å². The maximum Gasteiger partial charge on any atom is 0.266 e. The summed E-state index contributed by atoms with van der Waals surface area (Å²) in [7, 11) is 1.74. The summed E-state index contributed by atoms with van der Waals surface area (Å²) in [6.07, 6.45) is 4.95. The SMILES string of the molecule is C[C@H]1CC2(CCN(c3nc4[nH]nc(-c5cc(N)ncc5Cl)c4c(=O)n3C)CC2)CO1. The number of aromatic nitrogens is 5. The van der Waals surface area contributed by atoms with Crippen LogP contribution in [0.15, 0.2) is 17.1 Å². The molecule has 0 amide bonds. The maximum atomic E-state index is 13.3. The molecule has 2 aliphatic rings. The van der Waals surface area contributed by atoms with Crippen molar-refractivity contribution in [1.82, 2.24) is 24.7 Å². The number of piperidine rings is 1. The van der Waals surface area contributed by atoms with Crippen molar-refractivity contribution in [2.24, 2.45) is 12.5 Å². The van der Waals surface area contributed by atoms with Crippen molar-refractivity contribution >= 4 is 34.4 Å². The molecule has 0 saturated carbocycles. The molecule has 0 aromatic carbocycles. The average molecular weight is 430 g/mol. The van der Waals surface area contributed by atoms with Crippen molar-refractivity contribution < 1.29 is 4.74 Å². The van der Waals surface area contributed by atoms with E-state index in [4.69, 9.17) is 27.1 Å². The van der Waals surface area contributed by atoms with Crippen LogP contribution in [0, 0.1) is 5.41 Å². The molecule has 0 radical (unpaired) electrons. The topological polar surface area (TPSA) is 115 Å². The van der Waals surface area contributed by atoms with Crippen molar-refractivity contribution in [3.63, 3.8) is 0 Å². The average Bonchev–Trinajstić information content (AvgIpc) is 3.31. The van der Waals surface area contributed by atoms with Crippen molar-refractivity contribution in [1.29, 1.82) is 0 Å². The minimum absolute atomic E-state index is 0.177. The molecule has 9 nitrogen and oxygen atoms in total. The van der Waals surface area contributed by atoms with Gasteiger partial charge in [0, 0.05) is 31.9 Å². The maximum absolute atomic E-state index is 13.3. The number of nitrogens with zero attached hydrogens (tertiary/aromatic N) is 5. The Morgan fingerprint density at radius 1 is 1.37 bits per heavy atom. The summed E-state index contributed by atoms with van der Waals surface area (Å²) in [4.78, 5) is 24.1. The zero-order valence-electron chi connectivity index (χ0n) is 17.0. The number of nitrogens with two attached hydrogens (primary N) is 1. The van der Waals surface area contributed by atoms with E-state index < -0.39 is 0 Å². The number of nitrogens with one attached hydrogen (secondary N) is 1. The van der Waals surface area contributed by atoms with Crippen molar-refractivity contribution in [3.8, 4) is 11.3 Å². The summed E-state index contributed by atoms with van der Waals surface area (Å²) in [6.45, 7) is 4.65. The number of halogens is 1. The highest BCUT2D eigenvalue weighted by molar-refractivity contribution is 6.33. The van der Waals surface area contributed by atoms with Gasteiger partial charge in [-0.1, -0.05) is 11.6 Å². The fraction of sp³-hybridized carbons (Fsp3) is 0.500. The minimum atomic E-state index is -0.177. The zero-order chi connectivity index (χ0) is 21.0. The van der Waals surface area contributed by atoms with Gasteiger partial charge >= 0.3 is 0 Å². The molecule has 2 aliphatic heterocycles. The van der Waals surface area contributed by atoms with E-state index in [-0.39, 0.29) is 11.0 Å². The van der Waals surface area contributed by atoms with E-state index in [2.05, 4.69) is 27.0 Å². The lowest BCUT2D eigenvalue weighted by atomic mass is 9.77. The normalized spacial score (nSPS) is 21.0. The van der Waals surface area contributed by atoms with Crippen LogP contribution in [-0.4, -0.2) is 50.5 Å². The molecular formula is C20H24ClN7O2. The van der Waals surface area contributed by atoms with E-state index in [0.29, 0.717) is 45.2 Å². The molecule has 0 unspecified atom stereocenters. The van der Waals surface area contributed by atoms with Crippen LogP contribution in [0.25, 0.3) is 22.3 Å². The van der Waals surface area contributed by atoms with Crippen LogP contribution in [0.5, 0.6) is 0 Å². The monoisotopic (exact) mass is 429 g/mol. The molecule has 5 rings (SSSR count). The van der Waals surface area contributed by atoms with Crippen molar-refractivity contribution in [3.05, 3.63) is 27.6 Å². The molecule has 0 aliphatic carbocycles. The lowest BCUT2D eigenvalue weighted by Gasteiger charge is -2.39. The molecule has 30 heavy (non-hydrogen) atoms. The molecule has 1 atom stereocenters. The first-order valence-corrected chi connectivity index (χ1v) is 10.5. The quantitative estimate of drug-likeness (QED) is 0.642. The number of aromatic amines is 1. The van der Waals surface area contributed by atoms with Gasteiger partial charge in [-0.15, -0.1) is 0 Å². The molecule has 10 heteroatoms. The fourth-order valence-corrected chi connectivity index (χ4v) is 4.93. The van der Waals surface area contributed by atoms with Gasteiger partial charge in [0.25, 0.3) is 5.56 Å². The van der Waals surface area contributed by atoms with Crippen LogP contribution in [0.4, 0.5) is 11.8 Å². The molecule has 5 heterocycles. The van der Waals surface area contributed by atoms with Gasteiger partial charge in [-0.05, 0) is 37.7 Å². The zero-order valence-corrected chi connectivity index (χ0v) is 17.7. The molecule has 1 spiro atoms. The summed E-state index contributed by atoms with van der Waals surface area (Å²) >= 11 is 6.28. The highest BCUT2D eigenvalue weighted by atomic mass is 35.5. The van der Waals surface area contributed by atoms with Crippen molar-refractivity contribution in [2.75, 3.05) is 30.3 Å². The fourth-order valence-electron chi connectivity index (χ4n) is 4.74. The van der Waals surface area contributed by atoms with Crippen LogP contribution in [0.2, 0.25) is 5.02 Å². The molecule has 3 aromatic heterocycles. The van der Waals surface area contributed by atoms with Crippen molar-refractivity contribution in [2.45, 2.75) is 32.3 Å². The van der Waals surface area contributed by atoms with Gasteiger partial charge in [-0.2, -0.15) is 10.1 Å². The van der Waals surface area contributed by atoms with Gasteiger partial charge in [-0.25, -0.2) is 4.98 Å². The van der Waals surface area contributed by atoms with Gasteiger partial charge in [0.05, 0.1) is 17.7 Å². The number of nitrogen functional groups attached to an aromatic ring is 1. The number of hydrogen-bond acceptors (Lipinski definition) is 7. The Morgan fingerprint density at radius 2 is 2.13 bits per heavy atom. The minimum Gasteiger partial charge on any atom is -0.384 e. The predicted molar refractivity (Wildman–Crippen MR) is 116 cm³/mol. The predicted octanol–water partition coefficient (Wildman–Crippen LogP) is 2.35. The molecule has 0 bridgehead atoms. The molecule has 158 valence electrons. The number of pyridine rings is 1. The van der Waals surface area contributed by atoms with Gasteiger partial charge in [0.1, 0.15) is 16.9 Å². The first-order chi connectivity index (χ1) is 14.4. The third kappa shape index (κ3) is 3.04. The highest BCUT2D eigenvalue weighted by Gasteiger charge is 2.41. The van der Waals surface area contributed by atoms with Gasteiger partial charge < -0.3 is 15.4 Å². The first kappa shape index (κ1) is 19.3. The summed E-state index contributed by atoms with van der Waals surface area (Å²) in [6, 6.07) is 1.61. The lowest BCUT2D eigenvalue weighted by Crippen LogP contribution is -2.43. The lowest BCUT2D eigenvalue weighted by molar-refractivity contribution is 0.0974. The Morgan fingerprint density at radius 3 is 2.83 bits per heavy atom. The Labute approximate surface area is 178 Å². The number of rotatable bonds is 2. The van der Waals surface area contributed by atoms with E-state index in [1.165, 1.54) is 6.20 Å². The van der Waals surface area contributed by atoms with E-state index in [0.717, 1.165) is 39.0 Å². The summed E-state index contributed by atoms with van der Waals surface area (Å²) < 4.78 is 7.41. The van der Waals surface area contributed by atoms with Crippen LogP contribution in [0.3, 0.4) is 0 Å². The second-order valence-corrected chi connectivity index (χ2v) is 8.88. The smallest absolute Gasteiger partial charge is 0.266 e. The number of fused-ring (bicyclic) bond motifs is 1. The van der Waals surface area contributed by atoms with E-state index in [9.17, 15) is 4.79 Å². The van der Waals surface area contributed by atoms with Gasteiger partial charge in [0.2, 0.25) is 5.95 Å². The van der Waals surface area contributed by atoms with Crippen LogP contribution in [0.1, 0.15) is 26.2 Å². The second kappa shape index (κ2) is 6.95. The van der Waals surface area contributed by atoms with E-state index >= 15 is 0 Å². The third-order valence-electron chi connectivity index (χ3n) is 6.41.